The summed E-state index contributed by atoms with van der Waals surface area (Å²) in [5, 5.41) is 14.1. The summed E-state index contributed by atoms with van der Waals surface area (Å²) < 4.78 is 8.41. The number of nitrogens with one attached hydrogen (secondary N) is 1. The molecule has 9 nitrogen and oxygen atoms in total. The Morgan fingerprint density at radius 3 is 2.73 bits per heavy atom. The summed E-state index contributed by atoms with van der Waals surface area (Å²) in [6, 6.07) is 10.9. The molecule has 1 aliphatic carbocycles. The number of carboxylic acids is 1. The number of anilines is 2. The Hall–Kier alpha value is -3.44. The van der Waals surface area contributed by atoms with E-state index in [1.54, 1.807) is 24.5 Å². The van der Waals surface area contributed by atoms with E-state index >= 15 is 0 Å². The molecule has 0 spiro atoms. The fraction of sp³-hybridized carbons (Fsp3) is 0.375. The van der Waals surface area contributed by atoms with Crippen molar-refractivity contribution in [2.24, 2.45) is 7.05 Å². The highest BCUT2D eigenvalue weighted by Crippen LogP contribution is 2.41. The van der Waals surface area contributed by atoms with Crippen LogP contribution < -0.4 is 10.2 Å². The molecule has 230 valence electrons. The van der Waals surface area contributed by atoms with Gasteiger partial charge in [-0.1, -0.05) is 41.4 Å². The molecule has 4 aromatic rings. The topological polar surface area (TPSA) is 114 Å². The van der Waals surface area contributed by atoms with Gasteiger partial charge in [-0.05, 0) is 55.9 Å². The van der Waals surface area contributed by atoms with Crippen molar-refractivity contribution in [3.05, 3.63) is 74.8 Å². The number of hydrogen-bond donors (Lipinski definition) is 2. The number of hydrogen-bond acceptors (Lipinski definition) is 7. The Labute approximate surface area is 268 Å². The Morgan fingerprint density at radius 1 is 1.18 bits per heavy atom. The molecule has 2 aromatic carbocycles. The Bertz CT molecular complexity index is 1750. The fourth-order valence-corrected chi connectivity index (χ4v) is 7.34. The Morgan fingerprint density at radius 2 is 1.98 bits per heavy atom. The summed E-state index contributed by atoms with van der Waals surface area (Å²) in [6.07, 6.45) is 7.02. The molecule has 0 radical (unpaired) electrons. The molecule has 0 unspecified atom stereocenters. The fourth-order valence-electron chi connectivity index (χ4n) is 5.93. The van der Waals surface area contributed by atoms with Gasteiger partial charge in [-0.15, -0.1) is 11.3 Å². The number of para-hydroxylation sites is 1. The molecule has 2 aromatic heterocycles. The predicted molar refractivity (Wildman–Crippen MR) is 172 cm³/mol. The van der Waals surface area contributed by atoms with Crippen LogP contribution >= 0.6 is 34.5 Å². The Kier molecular flexibility index (Phi) is 8.70. The molecule has 1 atom stereocenters. The van der Waals surface area contributed by atoms with Crippen LogP contribution in [0.25, 0.3) is 10.9 Å². The maximum atomic E-state index is 13.7. The lowest BCUT2D eigenvalue weighted by atomic mass is 9.75. The lowest BCUT2D eigenvalue weighted by Gasteiger charge is -2.42. The molecule has 1 aliphatic heterocycles. The minimum absolute atomic E-state index is 0.0297. The first-order valence-electron chi connectivity index (χ1n) is 14.6. The third-order valence-electron chi connectivity index (χ3n) is 8.48. The minimum Gasteiger partial charge on any atom is -0.481 e. The number of aromatic nitrogens is 2. The summed E-state index contributed by atoms with van der Waals surface area (Å²) in [6.45, 7) is 1.38. The summed E-state index contributed by atoms with van der Waals surface area (Å²) in [7, 11) is 1.89. The van der Waals surface area contributed by atoms with Crippen LogP contribution in [0.1, 0.15) is 52.9 Å². The second-order valence-electron chi connectivity index (χ2n) is 11.5. The van der Waals surface area contributed by atoms with Crippen LogP contribution in [0.15, 0.2) is 48.8 Å². The number of benzene rings is 2. The number of ether oxygens (including phenoxy) is 1. The molecule has 3 heterocycles. The number of thiazole rings is 1. The first kappa shape index (κ1) is 30.6. The second-order valence-corrected chi connectivity index (χ2v) is 13.4. The second kappa shape index (κ2) is 12.5. The van der Waals surface area contributed by atoms with E-state index in [4.69, 9.17) is 33.0 Å². The highest BCUT2D eigenvalue weighted by Gasteiger charge is 2.47. The van der Waals surface area contributed by atoms with Crippen molar-refractivity contribution >= 4 is 73.9 Å². The van der Waals surface area contributed by atoms with Crippen LogP contribution in [0.2, 0.25) is 10.0 Å². The molecular formula is C32H32Cl2N4O5S. The minimum atomic E-state index is -0.854. The number of rotatable bonds is 11. The van der Waals surface area contributed by atoms with E-state index in [1.807, 2.05) is 35.9 Å². The largest absolute Gasteiger partial charge is 0.481 e. The SMILES string of the molecule is Cn1cc(C(=O)Nc2cc(Cl)c(CC(=O)C3(O[C@H]4CCN(c5ncc(CCC(=O)O)s5)C4)CCC3)cc2Cl)c2ccccc21. The number of halogens is 2. The van der Waals surface area contributed by atoms with Crippen LogP contribution in [0.3, 0.4) is 0 Å². The molecule has 1 amide bonds. The summed E-state index contributed by atoms with van der Waals surface area (Å²) in [4.78, 5) is 45.3. The highest BCUT2D eigenvalue weighted by atomic mass is 35.5. The smallest absolute Gasteiger partial charge is 0.303 e. The molecule has 2 N–H and O–H groups in total. The molecule has 1 saturated heterocycles. The molecule has 2 aliphatic rings. The van der Waals surface area contributed by atoms with Crippen LogP contribution in [0.5, 0.6) is 0 Å². The number of carbonyl (C=O) groups excluding carboxylic acids is 2. The summed E-state index contributed by atoms with van der Waals surface area (Å²) in [5.41, 5.74) is 1.58. The number of aryl methyl sites for hydroxylation is 2. The number of Topliss-reactive ketones (excluding diaryl/α,β-unsaturated/α-hetero) is 1. The third kappa shape index (κ3) is 6.21. The van der Waals surface area contributed by atoms with Gasteiger partial charge in [0.2, 0.25) is 0 Å². The van der Waals surface area contributed by atoms with Gasteiger partial charge in [-0.25, -0.2) is 4.98 Å². The van der Waals surface area contributed by atoms with Gasteiger partial charge in [0, 0.05) is 59.8 Å². The van der Waals surface area contributed by atoms with Crippen molar-refractivity contribution in [1.82, 2.24) is 9.55 Å². The molecule has 0 bridgehead atoms. The molecule has 6 rings (SSSR count). The highest BCUT2D eigenvalue weighted by molar-refractivity contribution is 7.15. The number of amides is 1. The maximum Gasteiger partial charge on any atom is 0.303 e. The zero-order valence-corrected chi connectivity index (χ0v) is 26.5. The number of carbonyl (C=O) groups is 3. The van der Waals surface area contributed by atoms with Gasteiger partial charge in [0.1, 0.15) is 5.60 Å². The van der Waals surface area contributed by atoms with Gasteiger partial charge in [0.05, 0.1) is 28.8 Å². The van der Waals surface area contributed by atoms with Crippen molar-refractivity contribution in [3.63, 3.8) is 0 Å². The van der Waals surface area contributed by atoms with Crippen molar-refractivity contribution in [2.45, 2.75) is 56.7 Å². The number of nitrogens with zero attached hydrogens (tertiary/aromatic N) is 3. The van der Waals surface area contributed by atoms with Crippen molar-refractivity contribution in [1.29, 1.82) is 0 Å². The van der Waals surface area contributed by atoms with E-state index < -0.39 is 11.6 Å². The lowest BCUT2D eigenvalue weighted by molar-refractivity contribution is -0.167. The average Bonchev–Trinajstić information content (AvgIpc) is 3.71. The zero-order chi connectivity index (χ0) is 31.0. The average molecular weight is 656 g/mol. The van der Waals surface area contributed by atoms with Crippen LogP contribution in [-0.2, 0) is 34.2 Å². The van der Waals surface area contributed by atoms with Crippen molar-refractivity contribution in [3.8, 4) is 0 Å². The van der Waals surface area contributed by atoms with Crippen molar-refractivity contribution in [2.75, 3.05) is 23.3 Å². The first-order valence-corrected chi connectivity index (χ1v) is 16.1. The standard InChI is InChI=1S/C32H32Cl2N4O5S/c1-37-18-23(22-5-2-3-6-27(22)37)30(42)36-26-15-24(33)19(13-25(26)34)14-28(39)32(10-4-11-32)43-20-9-12-38(17-20)31-35-16-21(44-31)7-8-29(40)41/h2-3,5-6,13,15-16,18,20H,4,7-12,14,17H2,1H3,(H,36,42)(H,40,41)/t20-/m0/s1. The van der Waals surface area contributed by atoms with E-state index in [9.17, 15) is 14.4 Å². The number of carboxylic acid groups (broad SMARTS) is 1. The van der Waals surface area contributed by atoms with Gasteiger partial charge < -0.3 is 24.6 Å². The van der Waals surface area contributed by atoms with E-state index in [2.05, 4.69) is 15.2 Å². The summed E-state index contributed by atoms with van der Waals surface area (Å²) >= 11 is 14.7. The van der Waals surface area contributed by atoms with E-state index in [1.165, 1.54) is 11.3 Å². The van der Waals surface area contributed by atoms with E-state index in [0.29, 0.717) is 52.7 Å². The number of fused-ring (bicyclic) bond motifs is 1. The van der Waals surface area contributed by atoms with Gasteiger partial charge in [-0.2, -0.15) is 0 Å². The van der Waals surface area contributed by atoms with Crippen molar-refractivity contribution < 1.29 is 24.2 Å². The normalized spacial score (nSPS) is 17.5. The lowest BCUT2D eigenvalue weighted by Crippen LogP contribution is -2.51. The number of ketones is 1. The van der Waals surface area contributed by atoms with Gasteiger partial charge >= 0.3 is 5.97 Å². The molecular weight excluding hydrogens is 623 g/mol. The van der Waals surface area contributed by atoms with Crippen LogP contribution in [0.4, 0.5) is 10.8 Å². The first-order chi connectivity index (χ1) is 21.1. The van der Waals surface area contributed by atoms with Gasteiger partial charge in [0.15, 0.2) is 10.9 Å². The maximum absolute atomic E-state index is 13.7. The quantitative estimate of drug-likeness (QED) is 0.189. The van der Waals surface area contributed by atoms with Gasteiger partial charge in [0.25, 0.3) is 5.91 Å². The summed E-state index contributed by atoms with van der Waals surface area (Å²) in [5.74, 6) is -1.16. The molecule has 44 heavy (non-hydrogen) atoms. The Balaban J connectivity index is 1.09. The number of aliphatic carboxylic acids is 1. The van der Waals surface area contributed by atoms with E-state index in [0.717, 1.165) is 40.3 Å². The third-order valence-corrected chi connectivity index (χ3v) is 10.3. The predicted octanol–water partition coefficient (Wildman–Crippen LogP) is 6.54. The van der Waals surface area contributed by atoms with Crippen LogP contribution in [0, 0.1) is 0 Å². The van der Waals surface area contributed by atoms with Crippen LogP contribution in [-0.4, -0.2) is 57.1 Å². The van der Waals surface area contributed by atoms with Gasteiger partial charge in [-0.3, -0.25) is 14.4 Å². The molecule has 2 fully saturated rings. The van der Waals surface area contributed by atoms with E-state index in [-0.39, 0.29) is 30.6 Å². The molecule has 12 heteroatoms. The zero-order valence-electron chi connectivity index (χ0n) is 24.1. The molecule has 1 saturated carbocycles. The monoisotopic (exact) mass is 654 g/mol.